The van der Waals surface area contributed by atoms with E-state index in [-0.39, 0.29) is 0 Å². The fourth-order valence-electron chi connectivity index (χ4n) is 0.511. The molecule has 1 atom stereocenters. The topological polar surface area (TPSA) is 58.4 Å². The van der Waals surface area contributed by atoms with Crippen LogP contribution in [0.1, 0.15) is 0 Å². The molecule has 1 rings (SSSR count). The van der Waals surface area contributed by atoms with Crippen molar-refractivity contribution in [1.29, 1.82) is 0 Å². The number of amides is 2. The molecule has 0 saturated carbocycles. The number of halogens is 2. The number of urea groups is 1. The molecule has 1 heterocycles. The molecule has 6 heteroatoms. The Balaban J connectivity index is 2.79. The molecule has 0 fully saturated rings. The van der Waals surface area contributed by atoms with Crippen molar-refractivity contribution in [1.82, 2.24) is 8.43 Å². The number of carbonyl (C=O) groups is 1. The Labute approximate surface area is 70.7 Å². The number of rotatable bonds is 0. The predicted octanol–water partition coefficient (Wildman–Crippen LogP) is 0.457. The summed E-state index contributed by atoms with van der Waals surface area (Å²) in [6.07, 6.45) is 0.0582. The highest BCUT2D eigenvalue weighted by Gasteiger charge is 2.21. The Kier molecular flexibility index (Phi) is 2.09. The molecule has 3 N–H and O–H groups in total. The highest BCUT2D eigenvalue weighted by molar-refractivity contribution is 14.1. The number of hydrogen-bond acceptors (Lipinski definition) is 2. The summed E-state index contributed by atoms with van der Waals surface area (Å²) >= 11 is 1.66. The van der Waals surface area contributed by atoms with Crippen LogP contribution in [0.2, 0.25) is 0 Å². The number of nitrogens with two attached hydrogens (primary N) is 1. The van der Waals surface area contributed by atoms with E-state index in [4.69, 9.17) is 5.73 Å². The molecule has 0 aromatic rings. The fourth-order valence-corrected chi connectivity index (χ4v) is 0.916. The van der Waals surface area contributed by atoms with Crippen LogP contribution in [0, 0.1) is 0 Å². The molecule has 0 spiro atoms. The standard InChI is InChI=1S/C4H5FIN3O/c5-2-1-9(6)4(10)8-3(2)7/h1,3H,7H2,(H,8,10). The molecular weight excluding hydrogens is 252 g/mol. The molecule has 10 heavy (non-hydrogen) atoms. The minimum Gasteiger partial charge on any atom is -0.315 e. The number of hydrogen-bond donors (Lipinski definition) is 2. The lowest BCUT2D eigenvalue weighted by molar-refractivity contribution is 0.227. The van der Waals surface area contributed by atoms with Crippen LogP contribution < -0.4 is 11.1 Å². The third kappa shape index (κ3) is 1.37. The van der Waals surface area contributed by atoms with E-state index in [2.05, 4.69) is 5.32 Å². The van der Waals surface area contributed by atoms with Gasteiger partial charge in [0.15, 0.2) is 5.83 Å². The minimum absolute atomic E-state index is 0.408. The quantitative estimate of drug-likeness (QED) is 0.489. The van der Waals surface area contributed by atoms with Gasteiger partial charge >= 0.3 is 6.03 Å². The van der Waals surface area contributed by atoms with Gasteiger partial charge in [-0.3, -0.25) is 0 Å². The van der Waals surface area contributed by atoms with E-state index in [9.17, 15) is 9.18 Å². The second-order valence-electron chi connectivity index (χ2n) is 1.75. The van der Waals surface area contributed by atoms with Crippen LogP contribution >= 0.6 is 22.9 Å². The van der Waals surface area contributed by atoms with Crippen molar-refractivity contribution < 1.29 is 9.18 Å². The summed E-state index contributed by atoms with van der Waals surface area (Å²) in [5, 5.41) is 2.19. The van der Waals surface area contributed by atoms with Crippen LogP contribution in [0.5, 0.6) is 0 Å². The molecule has 4 nitrogen and oxygen atoms in total. The molecule has 0 aromatic carbocycles. The van der Waals surface area contributed by atoms with Gasteiger partial charge < -0.3 is 11.1 Å². The summed E-state index contributed by atoms with van der Waals surface area (Å²) in [5.74, 6) is -0.547. The molecule has 0 aromatic heterocycles. The van der Waals surface area contributed by atoms with E-state index >= 15 is 0 Å². The van der Waals surface area contributed by atoms with Crippen molar-refractivity contribution in [2.24, 2.45) is 5.73 Å². The first-order valence-electron chi connectivity index (χ1n) is 2.49. The average molecular weight is 257 g/mol. The molecule has 0 saturated heterocycles. The molecule has 1 aliphatic heterocycles. The normalized spacial score (nSPS) is 25.9. The first-order valence-corrected chi connectivity index (χ1v) is 3.46. The van der Waals surface area contributed by atoms with Crippen molar-refractivity contribution in [3.63, 3.8) is 0 Å². The largest absolute Gasteiger partial charge is 0.331 e. The van der Waals surface area contributed by atoms with Gasteiger partial charge in [0.25, 0.3) is 0 Å². The van der Waals surface area contributed by atoms with Crippen LogP contribution in [-0.2, 0) is 0 Å². The number of nitrogens with one attached hydrogen (secondary N) is 1. The zero-order valence-corrected chi connectivity index (χ0v) is 7.00. The third-order valence-corrected chi connectivity index (χ3v) is 1.72. The maximum Gasteiger partial charge on any atom is 0.331 e. The summed E-state index contributed by atoms with van der Waals surface area (Å²) in [6, 6.07) is -0.408. The van der Waals surface area contributed by atoms with E-state index in [1.54, 1.807) is 22.9 Å². The Hall–Kier alpha value is -0.370. The Morgan fingerprint density at radius 2 is 2.50 bits per heavy atom. The van der Waals surface area contributed by atoms with Gasteiger partial charge in [-0.1, -0.05) is 0 Å². The molecule has 56 valence electrons. The van der Waals surface area contributed by atoms with Gasteiger partial charge in [0.05, 0.1) is 29.1 Å². The van der Waals surface area contributed by atoms with Gasteiger partial charge in [-0.2, -0.15) is 0 Å². The smallest absolute Gasteiger partial charge is 0.315 e. The van der Waals surface area contributed by atoms with Crippen LogP contribution in [0.3, 0.4) is 0 Å². The zero-order chi connectivity index (χ0) is 7.72. The van der Waals surface area contributed by atoms with E-state index in [0.29, 0.717) is 0 Å². The van der Waals surface area contributed by atoms with E-state index < -0.39 is 18.0 Å². The summed E-state index contributed by atoms with van der Waals surface area (Å²) < 4.78 is 13.5. The van der Waals surface area contributed by atoms with Gasteiger partial charge in [-0.25, -0.2) is 12.3 Å². The van der Waals surface area contributed by atoms with Crippen molar-refractivity contribution in [2.45, 2.75) is 6.17 Å². The lowest BCUT2D eigenvalue weighted by Gasteiger charge is -2.21. The maximum atomic E-state index is 12.5. The second-order valence-corrected chi connectivity index (χ2v) is 2.79. The van der Waals surface area contributed by atoms with Crippen LogP contribution in [-0.4, -0.2) is 15.3 Å². The van der Waals surface area contributed by atoms with E-state index in [1.165, 1.54) is 0 Å². The molecule has 0 aliphatic carbocycles. The van der Waals surface area contributed by atoms with Crippen molar-refractivity contribution in [3.8, 4) is 0 Å². The van der Waals surface area contributed by atoms with Crippen molar-refractivity contribution >= 4 is 28.9 Å². The van der Waals surface area contributed by atoms with Crippen LogP contribution in [0.4, 0.5) is 9.18 Å². The molecule has 1 aliphatic rings. The monoisotopic (exact) mass is 257 g/mol. The van der Waals surface area contributed by atoms with Gasteiger partial charge in [-0.15, -0.1) is 0 Å². The molecular formula is C4H5FIN3O. The van der Waals surface area contributed by atoms with E-state index in [1.807, 2.05) is 0 Å². The summed E-state index contributed by atoms with van der Waals surface area (Å²) in [6.45, 7) is 0. The zero-order valence-electron chi connectivity index (χ0n) is 4.84. The van der Waals surface area contributed by atoms with Crippen molar-refractivity contribution in [3.05, 3.63) is 12.0 Å². The Morgan fingerprint density at radius 1 is 1.90 bits per heavy atom. The highest BCUT2D eigenvalue weighted by atomic mass is 127. The first kappa shape index (κ1) is 7.73. The van der Waals surface area contributed by atoms with Gasteiger partial charge in [-0.05, 0) is 0 Å². The fraction of sp³-hybridized carbons (Fsp3) is 0.250. The number of nitrogens with zero attached hydrogens (tertiary/aromatic N) is 1. The maximum absolute atomic E-state index is 12.5. The minimum atomic E-state index is -0.987. The Bertz CT molecular complexity index is 195. The highest BCUT2D eigenvalue weighted by Crippen LogP contribution is 2.12. The van der Waals surface area contributed by atoms with Gasteiger partial charge in [0, 0.05) is 0 Å². The molecule has 1 unspecified atom stereocenters. The van der Waals surface area contributed by atoms with E-state index in [0.717, 1.165) is 9.31 Å². The lowest BCUT2D eigenvalue weighted by atomic mass is 10.4. The molecule has 0 bridgehead atoms. The van der Waals surface area contributed by atoms with Gasteiger partial charge in [0.2, 0.25) is 0 Å². The summed E-state index contributed by atoms with van der Waals surface area (Å²) in [5.41, 5.74) is 5.13. The van der Waals surface area contributed by atoms with Crippen LogP contribution in [0.25, 0.3) is 0 Å². The van der Waals surface area contributed by atoms with Crippen molar-refractivity contribution in [2.75, 3.05) is 0 Å². The Morgan fingerprint density at radius 3 is 3.00 bits per heavy atom. The molecule has 2 amide bonds. The summed E-state index contributed by atoms with van der Waals surface area (Å²) in [7, 11) is 0. The van der Waals surface area contributed by atoms with Gasteiger partial charge in [0.1, 0.15) is 6.17 Å². The second kappa shape index (κ2) is 2.70. The van der Waals surface area contributed by atoms with Crippen LogP contribution in [0.15, 0.2) is 12.0 Å². The number of carbonyl (C=O) groups excluding carboxylic acids is 1. The predicted molar refractivity (Wildman–Crippen MR) is 41.6 cm³/mol. The average Bonchev–Trinajstić information content (AvgIpc) is 1.84. The third-order valence-electron chi connectivity index (χ3n) is 1.01. The first-order chi connectivity index (χ1) is 4.61. The molecule has 0 radical (unpaired) electrons. The lowest BCUT2D eigenvalue weighted by Crippen LogP contribution is -2.48. The SMILES string of the molecule is NC1NC(=O)N(I)C=C1F. The summed E-state index contributed by atoms with van der Waals surface area (Å²) in [4.78, 5) is 10.7.